The fourth-order valence-electron chi connectivity index (χ4n) is 2.52. The Bertz CT molecular complexity index is 880. The summed E-state index contributed by atoms with van der Waals surface area (Å²) < 4.78 is 42.5. The summed E-state index contributed by atoms with van der Waals surface area (Å²) >= 11 is 0. The first-order valence-corrected chi connectivity index (χ1v) is 9.07. The van der Waals surface area contributed by atoms with Crippen molar-refractivity contribution in [1.29, 1.82) is 0 Å². The molecule has 25 heavy (non-hydrogen) atoms. The van der Waals surface area contributed by atoms with E-state index in [9.17, 15) is 17.6 Å². The summed E-state index contributed by atoms with van der Waals surface area (Å²) in [6.45, 7) is 5.58. The lowest BCUT2D eigenvalue weighted by Crippen LogP contribution is -2.36. The zero-order valence-corrected chi connectivity index (χ0v) is 15.3. The highest BCUT2D eigenvalue weighted by atomic mass is 32.2. The van der Waals surface area contributed by atoms with Crippen LogP contribution in [0.1, 0.15) is 42.9 Å². The fraction of sp³-hybridized carbons (Fsp3) is 0.353. The SMILES string of the molecule is Cn1cc(S(=O)(=O)NC(c2ccc(F)cc2)C(C)(C)C)cc1C(=O)O. The quantitative estimate of drug-likeness (QED) is 0.849. The fourth-order valence-corrected chi connectivity index (χ4v) is 4.02. The minimum absolute atomic E-state index is 0.130. The summed E-state index contributed by atoms with van der Waals surface area (Å²) in [6.07, 6.45) is 1.25. The normalized spacial score (nSPS) is 13.6. The van der Waals surface area contributed by atoms with Crippen LogP contribution in [0, 0.1) is 11.2 Å². The summed E-state index contributed by atoms with van der Waals surface area (Å²) in [4.78, 5) is 11.0. The number of hydrogen-bond donors (Lipinski definition) is 2. The van der Waals surface area contributed by atoms with Gasteiger partial charge in [0, 0.05) is 13.2 Å². The number of carboxylic acid groups (broad SMARTS) is 1. The Kier molecular flexibility index (Phi) is 5.06. The first-order chi connectivity index (χ1) is 11.4. The maximum absolute atomic E-state index is 13.2. The first-order valence-electron chi connectivity index (χ1n) is 7.59. The molecule has 1 heterocycles. The average Bonchev–Trinajstić information content (AvgIpc) is 2.88. The van der Waals surface area contributed by atoms with E-state index in [0.717, 1.165) is 6.07 Å². The van der Waals surface area contributed by atoms with E-state index < -0.39 is 33.3 Å². The molecule has 0 aliphatic rings. The van der Waals surface area contributed by atoms with E-state index in [1.807, 2.05) is 20.8 Å². The van der Waals surface area contributed by atoms with Crippen LogP contribution < -0.4 is 4.72 Å². The zero-order valence-electron chi connectivity index (χ0n) is 14.4. The summed E-state index contributed by atoms with van der Waals surface area (Å²) in [5, 5.41) is 9.09. The van der Waals surface area contributed by atoms with E-state index in [0.29, 0.717) is 5.56 Å². The average molecular weight is 368 g/mol. The number of aryl methyl sites for hydroxylation is 1. The number of carboxylic acids is 1. The summed E-state index contributed by atoms with van der Waals surface area (Å²) in [6, 6.07) is 6.09. The minimum atomic E-state index is -3.96. The van der Waals surface area contributed by atoms with Crippen molar-refractivity contribution in [3.63, 3.8) is 0 Å². The Balaban J connectivity index is 2.42. The number of aromatic nitrogens is 1. The van der Waals surface area contributed by atoms with E-state index >= 15 is 0 Å². The molecule has 1 aromatic carbocycles. The number of halogens is 1. The molecule has 1 unspecified atom stereocenters. The topological polar surface area (TPSA) is 88.4 Å². The number of hydrogen-bond acceptors (Lipinski definition) is 3. The molecule has 1 atom stereocenters. The van der Waals surface area contributed by atoms with Crippen LogP contribution in [0.3, 0.4) is 0 Å². The maximum atomic E-state index is 13.2. The molecular weight excluding hydrogens is 347 g/mol. The third-order valence-corrected chi connectivity index (χ3v) is 5.24. The van der Waals surface area contributed by atoms with Gasteiger partial charge in [0.25, 0.3) is 0 Å². The van der Waals surface area contributed by atoms with Crippen LogP contribution in [0.4, 0.5) is 4.39 Å². The Morgan fingerprint density at radius 1 is 1.24 bits per heavy atom. The number of carbonyl (C=O) groups is 1. The maximum Gasteiger partial charge on any atom is 0.352 e. The molecular formula is C17H21FN2O4S. The molecule has 0 saturated heterocycles. The van der Waals surface area contributed by atoms with Crippen LogP contribution in [0.15, 0.2) is 41.4 Å². The monoisotopic (exact) mass is 368 g/mol. The third-order valence-electron chi connectivity index (χ3n) is 3.85. The highest BCUT2D eigenvalue weighted by Gasteiger charge is 2.32. The lowest BCUT2D eigenvalue weighted by atomic mass is 9.83. The summed E-state index contributed by atoms with van der Waals surface area (Å²) in [5.74, 6) is -1.62. The van der Waals surface area contributed by atoms with Crippen LogP contribution >= 0.6 is 0 Å². The van der Waals surface area contributed by atoms with Crippen LogP contribution in [0.5, 0.6) is 0 Å². The molecule has 0 fully saturated rings. The molecule has 2 N–H and O–H groups in total. The van der Waals surface area contributed by atoms with Crippen molar-refractivity contribution in [1.82, 2.24) is 9.29 Å². The number of sulfonamides is 1. The zero-order chi connectivity index (χ0) is 19.0. The highest BCUT2D eigenvalue weighted by Crippen LogP contribution is 2.34. The van der Waals surface area contributed by atoms with Crippen molar-refractivity contribution < 1.29 is 22.7 Å². The van der Waals surface area contributed by atoms with Gasteiger partial charge in [-0.3, -0.25) is 0 Å². The molecule has 0 spiro atoms. The van der Waals surface area contributed by atoms with Gasteiger partial charge in [-0.15, -0.1) is 0 Å². The van der Waals surface area contributed by atoms with Crippen molar-refractivity contribution in [2.45, 2.75) is 31.7 Å². The van der Waals surface area contributed by atoms with Crippen molar-refractivity contribution >= 4 is 16.0 Å². The molecule has 136 valence electrons. The van der Waals surface area contributed by atoms with Gasteiger partial charge in [0.15, 0.2) is 0 Å². The van der Waals surface area contributed by atoms with Gasteiger partial charge >= 0.3 is 5.97 Å². The second kappa shape index (κ2) is 6.61. The molecule has 2 rings (SSSR count). The standard InChI is InChI=1S/C17H21FN2O4S/c1-17(2,3)15(11-5-7-12(18)8-6-11)19-25(23,24)13-9-14(16(21)22)20(4)10-13/h5-10,15,19H,1-4H3,(H,21,22). The second-order valence-corrected chi connectivity index (χ2v) is 8.66. The van der Waals surface area contributed by atoms with Crippen LogP contribution in [-0.4, -0.2) is 24.1 Å². The predicted octanol–water partition coefficient (Wildman–Crippen LogP) is 2.93. The number of nitrogens with zero attached hydrogens (tertiary/aromatic N) is 1. The van der Waals surface area contributed by atoms with Crippen molar-refractivity contribution in [3.8, 4) is 0 Å². The van der Waals surface area contributed by atoms with Gasteiger partial charge < -0.3 is 9.67 Å². The van der Waals surface area contributed by atoms with E-state index in [1.165, 1.54) is 42.1 Å². The van der Waals surface area contributed by atoms with E-state index in [2.05, 4.69) is 4.72 Å². The molecule has 1 aromatic heterocycles. The third kappa shape index (κ3) is 4.26. The molecule has 0 radical (unpaired) electrons. The highest BCUT2D eigenvalue weighted by molar-refractivity contribution is 7.89. The Hall–Kier alpha value is -2.19. The van der Waals surface area contributed by atoms with Crippen LogP contribution in [0.2, 0.25) is 0 Å². The number of benzene rings is 1. The second-order valence-electron chi connectivity index (χ2n) is 6.95. The van der Waals surface area contributed by atoms with Crippen LogP contribution in [-0.2, 0) is 17.1 Å². The molecule has 8 heteroatoms. The largest absolute Gasteiger partial charge is 0.477 e. The lowest BCUT2D eigenvalue weighted by molar-refractivity contribution is 0.0686. The van der Waals surface area contributed by atoms with E-state index in [-0.39, 0.29) is 10.6 Å². The van der Waals surface area contributed by atoms with Gasteiger partial charge in [-0.05, 0) is 29.2 Å². The number of aromatic carboxylic acids is 1. The Morgan fingerprint density at radius 2 is 1.80 bits per heavy atom. The molecule has 6 nitrogen and oxygen atoms in total. The van der Waals surface area contributed by atoms with Gasteiger partial charge in [-0.1, -0.05) is 32.9 Å². The van der Waals surface area contributed by atoms with Gasteiger partial charge in [0.2, 0.25) is 10.0 Å². The van der Waals surface area contributed by atoms with E-state index in [1.54, 1.807) is 0 Å². The van der Waals surface area contributed by atoms with Crippen molar-refractivity contribution in [2.75, 3.05) is 0 Å². The molecule has 0 amide bonds. The van der Waals surface area contributed by atoms with E-state index in [4.69, 9.17) is 5.11 Å². The lowest BCUT2D eigenvalue weighted by Gasteiger charge is -2.31. The van der Waals surface area contributed by atoms with Crippen molar-refractivity contribution in [2.24, 2.45) is 12.5 Å². The van der Waals surface area contributed by atoms with Crippen molar-refractivity contribution in [3.05, 3.63) is 53.6 Å². The molecule has 2 aromatic rings. The predicted molar refractivity (Wildman–Crippen MR) is 91.3 cm³/mol. The van der Waals surface area contributed by atoms with Gasteiger partial charge in [-0.2, -0.15) is 0 Å². The Labute approximate surface area is 146 Å². The smallest absolute Gasteiger partial charge is 0.352 e. The number of nitrogens with one attached hydrogen (secondary N) is 1. The first kappa shape index (κ1) is 19.1. The number of rotatable bonds is 5. The molecule has 0 aliphatic heterocycles. The van der Waals surface area contributed by atoms with Crippen LogP contribution in [0.25, 0.3) is 0 Å². The Morgan fingerprint density at radius 3 is 2.24 bits per heavy atom. The minimum Gasteiger partial charge on any atom is -0.477 e. The summed E-state index contributed by atoms with van der Waals surface area (Å²) in [5.41, 5.74) is -0.00342. The molecule has 0 bridgehead atoms. The van der Waals surface area contributed by atoms with Gasteiger partial charge in [0.05, 0.1) is 6.04 Å². The summed E-state index contributed by atoms with van der Waals surface area (Å²) in [7, 11) is -2.50. The van der Waals surface area contributed by atoms with Gasteiger partial charge in [-0.25, -0.2) is 22.3 Å². The molecule has 0 saturated carbocycles. The van der Waals surface area contributed by atoms with Gasteiger partial charge in [0.1, 0.15) is 16.4 Å². The molecule has 0 aliphatic carbocycles.